The maximum atomic E-state index is 12.5. The molecule has 0 spiro atoms. The van der Waals surface area contributed by atoms with Crippen LogP contribution in [0.5, 0.6) is 5.75 Å². The van der Waals surface area contributed by atoms with E-state index in [2.05, 4.69) is 10.3 Å². The molecule has 0 atom stereocenters. The van der Waals surface area contributed by atoms with Gasteiger partial charge in [-0.1, -0.05) is 12.1 Å². The average molecular weight is 360 g/mol. The van der Waals surface area contributed by atoms with E-state index in [0.717, 1.165) is 23.9 Å². The van der Waals surface area contributed by atoms with Gasteiger partial charge in [0.25, 0.3) is 5.56 Å². The van der Waals surface area contributed by atoms with Gasteiger partial charge in [0.15, 0.2) is 6.79 Å². The van der Waals surface area contributed by atoms with E-state index in [0.29, 0.717) is 30.5 Å². The third-order valence-corrected chi connectivity index (χ3v) is 4.88. The molecule has 1 saturated carbocycles. The van der Waals surface area contributed by atoms with E-state index >= 15 is 0 Å². The van der Waals surface area contributed by atoms with Crippen molar-refractivity contribution in [3.63, 3.8) is 0 Å². The lowest BCUT2D eigenvalue weighted by molar-refractivity contribution is -0.142. The summed E-state index contributed by atoms with van der Waals surface area (Å²) >= 11 is 0. The smallest absolute Gasteiger partial charge is 0.306 e. The van der Waals surface area contributed by atoms with E-state index in [1.165, 1.54) is 7.11 Å². The van der Waals surface area contributed by atoms with Crippen LogP contribution in [0.15, 0.2) is 29.1 Å². The number of carbonyl (C=O) groups is 1. The summed E-state index contributed by atoms with van der Waals surface area (Å²) in [5.41, 5.74) is 0.604. The number of ether oxygens (including phenoxy) is 2. The molecule has 1 aliphatic carbocycles. The molecule has 1 aromatic carbocycles. The lowest BCUT2D eigenvalue weighted by Gasteiger charge is -2.26. The van der Waals surface area contributed by atoms with Gasteiger partial charge < -0.3 is 24.9 Å². The molecule has 2 aromatic rings. The number of aromatic amines is 1. The van der Waals surface area contributed by atoms with Gasteiger partial charge in [0.1, 0.15) is 5.75 Å². The normalized spacial score (nSPS) is 20.2. The number of aromatic nitrogens is 1. The Labute approximate surface area is 151 Å². The Kier molecular flexibility index (Phi) is 5.90. The highest BCUT2D eigenvalue weighted by Crippen LogP contribution is 2.25. The van der Waals surface area contributed by atoms with Crippen LogP contribution >= 0.6 is 0 Å². The van der Waals surface area contributed by atoms with E-state index in [1.54, 1.807) is 6.07 Å². The first kappa shape index (κ1) is 18.4. The molecule has 26 heavy (non-hydrogen) atoms. The standard InChI is InChI=1S/C19H24N2O5/c1-25-11-26-16-4-2-3-13-9-15(21-18(22)17(13)16)10-20-14-7-5-12(6-8-14)19(23)24/h2-4,9,12,14,20H,5-8,10-11H2,1H3,(H,21,22)(H,23,24). The number of carboxylic acids is 1. The monoisotopic (exact) mass is 360 g/mol. The molecule has 1 heterocycles. The van der Waals surface area contributed by atoms with Crippen LogP contribution in [-0.2, 0) is 16.1 Å². The zero-order valence-electron chi connectivity index (χ0n) is 14.8. The Balaban J connectivity index is 1.68. The summed E-state index contributed by atoms with van der Waals surface area (Å²) in [6.45, 7) is 0.623. The second-order valence-corrected chi connectivity index (χ2v) is 6.66. The molecule has 3 N–H and O–H groups in total. The lowest BCUT2D eigenvalue weighted by atomic mass is 9.86. The van der Waals surface area contributed by atoms with E-state index < -0.39 is 5.97 Å². The third-order valence-electron chi connectivity index (χ3n) is 4.88. The van der Waals surface area contributed by atoms with Gasteiger partial charge in [-0.15, -0.1) is 0 Å². The molecule has 1 aliphatic rings. The molecule has 0 bridgehead atoms. The van der Waals surface area contributed by atoms with Crippen LogP contribution in [0.2, 0.25) is 0 Å². The number of benzene rings is 1. The summed E-state index contributed by atoms with van der Waals surface area (Å²) in [6.07, 6.45) is 3.07. The predicted octanol–water partition coefficient (Wildman–Crippen LogP) is 2.24. The maximum Gasteiger partial charge on any atom is 0.306 e. The van der Waals surface area contributed by atoms with Crippen molar-refractivity contribution in [2.45, 2.75) is 38.3 Å². The van der Waals surface area contributed by atoms with Gasteiger partial charge in [-0.2, -0.15) is 0 Å². The highest BCUT2D eigenvalue weighted by Gasteiger charge is 2.25. The van der Waals surface area contributed by atoms with Crippen LogP contribution in [-0.4, -0.2) is 36.0 Å². The van der Waals surface area contributed by atoms with Crippen LogP contribution in [0.1, 0.15) is 31.4 Å². The minimum Gasteiger partial charge on any atom is -0.481 e. The van der Waals surface area contributed by atoms with Crippen LogP contribution in [0.25, 0.3) is 10.8 Å². The van der Waals surface area contributed by atoms with E-state index in [1.807, 2.05) is 18.2 Å². The van der Waals surface area contributed by atoms with Gasteiger partial charge in [0.2, 0.25) is 0 Å². The van der Waals surface area contributed by atoms with E-state index in [-0.39, 0.29) is 24.3 Å². The number of methoxy groups -OCH3 is 1. The summed E-state index contributed by atoms with van der Waals surface area (Å²) in [5.74, 6) is -0.426. The molecule has 0 unspecified atom stereocenters. The van der Waals surface area contributed by atoms with Gasteiger partial charge >= 0.3 is 5.97 Å². The Hall–Kier alpha value is -2.38. The number of fused-ring (bicyclic) bond motifs is 1. The van der Waals surface area contributed by atoms with Gasteiger partial charge in [-0.25, -0.2) is 0 Å². The SMILES string of the molecule is COCOc1cccc2cc(CNC3CCC(C(=O)O)CC3)[nH]c(=O)c12. The lowest BCUT2D eigenvalue weighted by Crippen LogP contribution is -2.35. The summed E-state index contributed by atoms with van der Waals surface area (Å²) in [7, 11) is 1.53. The fourth-order valence-corrected chi connectivity index (χ4v) is 3.48. The second-order valence-electron chi connectivity index (χ2n) is 6.66. The third kappa shape index (κ3) is 4.23. The number of pyridine rings is 1. The van der Waals surface area contributed by atoms with Crippen molar-refractivity contribution in [3.8, 4) is 5.75 Å². The number of rotatable bonds is 7. The van der Waals surface area contributed by atoms with Crippen molar-refractivity contribution in [3.05, 3.63) is 40.3 Å². The van der Waals surface area contributed by atoms with Crippen molar-refractivity contribution in [2.75, 3.05) is 13.9 Å². The number of nitrogens with one attached hydrogen (secondary N) is 2. The van der Waals surface area contributed by atoms with Crippen LogP contribution in [0.4, 0.5) is 0 Å². The average Bonchev–Trinajstić information content (AvgIpc) is 2.64. The molecular weight excluding hydrogens is 336 g/mol. The largest absolute Gasteiger partial charge is 0.481 e. The number of H-pyrrole nitrogens is 1. The molecule has 0 amide bonds. The number of aliphatic carboxylic acids is 1. The molecular formula is C19H24N2O5. The van der Waals surface area contributed by atoms with E-state index in [4.69, 9.17) is 14.6 Å². The molecule has 1 fully saturated rings. The number of hydrogen-bond acceptors (Lipinski definition) is 5. The second kappa shape index (κ2) is 8.33. The fourth-order valence-electron chi connectivity index (χ4n) is 3.48. The van der Waals surface area contributed by atoms with Gasteiger partial charge in [0, 0.05) is 25.4 Å². The zero-order valence-corrected chi connectivity index (χ0v) is 14.8. The summed E-state index contributed by atoms with van der Waals surface area (Å²) in [6, 6.07) is 7.69. The van der Waals surface area contributed by atoms with Crippen molar-refractivity contribution in [1.82, 2.24) is 10.3 Å². The summed E-state index contributed by atoms with van der Waals surface area (Å²) in [5, 5.41) is 13.8. The van der Waals surface area contributed by atoms with Gasteiger partial charge in [-0.3, -0.25) is 9.59 Å². The molecule has 7 nitrogen and oxygen atoms in total. The molecule has 1 aromatic heterocycles. The Morgan fingerprint density at radius 2 is 2.08 bits per heavy atom. The molecule has 0 saturated heterocycles. The van der Waals surface area contributed by atoms with Crippen molar-refractivity contribution in [1.29, 1.82) is 0 Å². The summed E-state index contributed by atoms with van der Waals surface area (Å²) in [4.78, 5) is 26.4. The van der Waals surface area contributed by atoms with E-state index in [9.17, 15) is 9.59 Å². The first-order valence-corrected chi connectivity index (χ1v) is 8.81. The van der Waals surface area contributed by atoms with Crippen LogP contribution in [0.3, 0.4) is 0 Å². The number of hydrogen-bond donors (Lipinski definition) is 3. The Morgan fingerprint density at radius 3 is 2.77 bits per heavy atom. The van der Waals surface area contributed by atoms with Gasteiger partial charge in [0.05, 0.1) is 11.3 Å². The minimum absolute atomic E-state index is 0.0842. The highest BCUT2D eigenvalue weighted by molar-refractivity contribution is 5.87. The zero-order chi connectivity index (χ0) is 18.5. The van der Waals surface area contributed by atoms with Crippen molar-refractivity contribution < 1.29 is 19.4 Å². The molecule has 140 valence electrons. The highest BCUT2D eigenvalue weighted by atomic mass is 16.7. The Bertz CT molecular complexity index is 824. The predicted molar refractivity (Wildman–Crippen MR) is 97.3 cm³/mol. The van der Waals surface area contributed by atoms with Crippen molar-refractivity contribution >= 4 is 16.7 Å². The summed E-state index contributed by atoms with van der Waals surface area (Å²) < 4.78 is 10.4. The quantitative estimate of drug-likeness (QED) is 0.655. The Morgan fingerprint density at radius 1 is 1.31 bits per heavy atom. The first-order chi connectivity index (χ1) is 12.6. The topological polar surface area (TPSA) is 101 Å². The molecule has 0 radical (unpaired) electrons. The maximum absolute atomic E-state index is 12.5. The van der Waals surface area contributed by atoms with Crippen LogP contribution in [0, 0.1) is 5.92 Å². The van der Waals surface area contributed by atoms with Crippen molar-refractivity contribution in [2.24, 2.45) is 5.92 Å². The first-order valence-electron chi connectivity index (χ1n) is 8.81. The minimum atomic E-state index is -0.700. The molecule has 3 rings (SSSR count). The molecule has 7 heteroatoms. The number of carboxylic acid groups (broad SMARTS) is 1. The van der Waals surface area contributed by atoms with Gasteiger partial charge in [-0.05, 0) is 43.2 Å². The molecule has 0 aliphatic heterocycles. The fraction of sp³-hybridized carbons (Fsp3) is 0.474. The van der Waals surface area contributed by atoms with Crippen LogP contribution < -0.4 is 15.6 Å².